The van der Waals surface area contributed by atoms with Gasteiger partial charge in [-0.15, -0.1) is 0 Å². The number of anilines is 2. The van der Waals surface area contributed by atoms with Crippen LogP contribution in [0, 0.1) is 0 Å². The molecule has 1 heterocycles. The normalized spacial score (nSPS) is 13.9. The zero-order valence-electron chi connectivity index (χ0n) is 16.1. The molecular formula is C21H24N2O4S. The van der Waals surface area contributed by atoms with E-state index in [1.165, 1.54) is 4.31 Å². The van der Waals surface area contributed by atoms with Gasteiger partial charge in [-0.3, -0.25) is 4.79 Å². The zero-order valence-corrected chi connectivity index (χ0v) is 17.0. The maximum absolute atomic E-state index is 13.2. The summed E-state index contributed by atoms with van der Waals surface area (Å²) in [4.78, 5) is 11.0. The minimum atomic E-state index is -3.74. The largest absolute Gasteiger partial charge is 0.480 e. The number of carbonyl (C=O) groups is 1. The number of benzene rings is 2. The molecule has 0 saturated heterocycles. The van der Waals surface area contributed by atoms with Crippen molar-refractivity contribution in [3.8, 4) is 0 Å². The van der Waals surface area contributed by atoms with Crippen LogP contribution in [-0.2, 0) is 26.7 Å². The Morgan fingerprint density at radius 3 is 2.43 bits per heavy atom. The van der Waals surface area contributed by atoms with Gasteiger partial charge in [-0.2, -0.15) is 0 Å². The van der Waals surface area contributed by atoms with Crippen LogP contribution in [0.5, 0.6) is 0 Å². The van der Waals surface area contributed by atoms with Gasteiger partial charge in [0, 0.05) is 11.9 Å². The Hall–Kier alpha value is -2.80. The maximum Gasteiger partial charge on any atom is 0.322 e. The van der Waals surface area contributed by atoms with E-state index < -0.39 is 16.0 Å². The van der Waals surface area contributed by atoms with Gasteiger partial charge in [0.2, 0.25) is 0 Å². The molecule has 6 nitrogen and oxygen atoms in total. The first-order valence-corrected chi connectivity index (χ1v) is 10.4. The third-order valence-electron chi connectivity index (χ3n) is 4.62. The van der Waals surface area contributed by atoms with Crippen molar-refractivity contribution in [2.75, 3.05) is 16.2 Å². The quantitative estimate of drug-likeness (QED) is 0.798. The van der Waals surface area contributed by atoms with E-state index >= 15 is 0 Å². The number of sulfonamides is 1. The molecule has 148 valence electrons. The SMILES string of the molecule is CC(C)(C)c1ccc(S(=O)(=O)N2C=CCc3cc(NCC(=O)O)ccc32)cc1. The number of nitrogens with one attached hydrogen (secondary N) is 1. The van der Waals surface area contributed by atoms with Gasteiger partial charge >= 0.3 is 5.97 Å². The van der Waals surface area contributed by atoms with Crippen LogP contribution in [0.2, 0.25) is 0 Å². The van der Waals surface area contributed by atoms with Crippen LogP contribution in [0.4, 0.5) is 11.4 Å². The van der Waals surface area contributed by atoms with Crippen molar-refractivity contribution in [2.24, 2.45) is 0 Å². The molecule has 0 atom stereocenters. The number of hydrogen-bond donors (Lipinski definition) is 2. The summed E-state index contributed by atoms with van der Waals surface area (Å²) in [7, 11) is -3.74. The van der Waals surface area contributed by atoms with Crippen molar-refractivity contribution in [3.05, 3.63) is 65.9 Å². The monoisotopic (exact) mass is 400 g/mol. The summed E-state index contributed by atoms with van der Waals surface area (Å²) < 4.78 is 27.7. The molecule has 0 saturated carbocycles. The molecule has 2 aromatic rings. The van der Waals surface area contributed by atoms with Gasteiger partial charge < -0.3 is 10.4 Å². The molecule has 0 aromatic heterocycles. The van der Waals surface area contributed by atoms with Gasteiger partial charge in [-0.1, -0.05) is 39.0 Å². The van der Waals surface area contributed by atoms with Crippen LogP contribution in [0.25, 0.3) is 0 Å². The molecule has 1 aliphatic rings. The van der Waals surface area contributed by atoms with E-state index in [0.29, 0.717) is 17.8 Å². The fourth-order valence-electron chi connectivity index (χ4n) is 3.06. The van der Waals surface area contributed by atoms with Gasteiger partial charge in [0.05, 0.1) is 10.6 Å². The Morgan fingerprint density at radius 2 is 1.82 bits per heavy atom. The minimum Gasteiger partial charge on any atom is -0.480 e. The number of nitrogens with zero attached hydrogens (tertiary/aromatic N) is 1. The molecule has 0 aliphatic carbocycles. The number of aliphatic carboxylic acids is 1. The number of carboxylic acids is 1. The van der Waals surface area contributed by atoms with E-state index in [4.69, 9.17) is 5.11 Å². The predicted molar refractivity (Wildman–Crippen MR) is 110 cm³/mol. The van der Waals surface area contributed by atoms with Crippen LogP contribution in [0.3, 0.4) is 0 Å². The van der Waals surface area contributed by atoms with Crippen LogP contribution in [0.15, 0.2) is 59.6 Å². The van der Waals surface area contributed by atoms with Crippen molar-refractivity contribution in [2.45, 2.75) is 37.5 Å². The van der Waals surface area contributed by atoms with Gasteiger partial charge in [-0.25, -0.2) is 12.7 Å². The lowest BCUT2D eigenvalue weighted by Gasteiger charge is -2.27. The van der Waals surface area contributed by atoms with Crippen molar-refractivity contribution in [1.82, 2.24) is 0 Å². The van der Waals surface area contributed by atoms with E-state index in [2.05, 4.69) is 26.1 Å². The highest BCUT2D eigenvalue weighted by Gasteiger charge is 2.27. The van der Waals surface area contributed by atoms with Crippen molar-refractivity contribution in [3.63, 3.8) is 0 Å². The second-order valence-corrected chi connectivity index (χ2v) is 9.57. The Morgan fingerprint density at radius 1 is 1.14 bits per heavy atom. The molecular weight excluding hydrogens is 376 g/mol. The highest BCUT2D eigenvalue weighted by Crippen LogP contribution is 2.33. The molecule has 2 aromatic carbocycles. The molecule has 0 fully saturated rings. The second kappa shape index (κ2) is 7.31. The molecule has 2 N–H and O–H groups in total. The molecule has 0 amide bonds. The number of hydrogen-bond acceptors (Lipinski definition) is 4. The number of carboxylic acid groups (broad SMARTS) is 1. The predicted octanol–water partition coefficient (Wildman–Crippen LogP) is 3.75. The third-order valence-corrected chi connectivity index (χ3v) is 6.32. The van der Waals surface area contributed by atoms with E-state index in [1.807, 2.05) is 12.1 Å². The summed E-state index contributed by atoms with van der Waals surface area (Å²) in [6.07, 6.45) is 3.93. The van der Waals surface area contributed by atoms with Crippen molar-refractivity contribution >= 4 is 27.4 Å². The fraction of sp³-hybridized carbons (Fsp3) is 0.286. The maximum atomic E-state index is 13.2. The third kappa shape index (κ3) is 4.04. The van der Waals surface area contributed by atoms with Gasteiger partial charge in [0.15, 0.2) is 0 Å². The van der Waals surface area contributed by atoms with E-state index in [-0.39, 0.29) is 16.9 Å². The number of allylic oxidation sites excluding steroid dienone is 1. The first-order valence-electron chi connectivity index (χ1n) is 8.99. The number of rotatable bonds is 5. The van der Waals surface area contributed by atoms with E-state index in [0.717, 1.165) is 11.1 Å². The second-order valence-electron chi connectivity index (χ2n) is 7.75. The zero-order chi connectivity index (χ0) is 20.5. The molecule has 0 bridgehead atoms. The number of fused-ring (bicyclic) bond motifs is 1. The summed E-state index contributed by atoms with van der Waals surface area (Å²) in [5.74, 6) is -0.958. The average molecular weight is 401 g/mol. The topological polar surface area (TPSA) is 86.7 Å². The van der Waals surface area contributed by atoms with Crippen LogP contribution in [0.1, 0.15) is 31.9 Å². The van der Waals surface area contributed by atoms with Crippen LogP contribution >= 0.6 is 0 Å². The lowest BCUT2D eigenvalue weighted by Crippen LogP contribution is -2.28. The van der Waals surface area contributed by atoms with E-state index in [9.17, 15) is 13.2 Å². The summed E-state index contributed by atoms with van der Waals surface area (Å²) in [5.41, 5.74) is 3.04. The minimum absolute atomic E-state index is 0.0563. The van der Waals surface area contributed by atoms with Crippen molar-refractivity contribution in [1.29, 1.82) is 0 Å². The molecule has 7 heteroatoms. The lowest BCUT2D eigenvalue weighted by atomic mass is 9.87. The molecule has 0 unspecified atom stereocenters. The average Bonchev–Trinajstić information content (AvgIpc) is 2.65. The van der Waals surface area contributed by atoms with Crippen LogP contribution in [-0.4, -0.2) is 26.0 Å². The smallest absolute Gasteiger partial charge is 0.322 e. The first kappa shape index (κ1) is 19.9. The summed E-state index contributed by atoms with van der Waals surface area (Å²) >= 11 is 0. The molecule has 28 heavy (non-hydrogen) atoms. The highest BCUT2D eigenvalue weighted by atomic mass is 32.2. The Labute approximate surface area is 165 Å². The van der Waals surface area contributed by atoms with E-state index in [1.54, 1.807) is 42.6 Å². The molecule has 0 spiro atoms. The van der Waals surface area contributed by atoms with Crippen molar-refractivity contribution < 1.29 is 18.3 Å². The summed E-state index contributed by atoms with van der Waals surface area (Å²) in [6, 6.07) is 12.1. The lowest BCUT2D eigenvalue weighted by molar-refractivity contribution is -0.134. The Bertz CT molecular complexity index is 1020. The van der Waals surface area contributed by atoms with Gasteiger partial charge in [0.1, 0.15) is 6.54 Å². The van der Waals surface area contributed by atoms with Gasteiger partial charge in [0.25, 0.3) is 10.0 Å². The highest BCUT2D eigenvalue weighted by molar-refractivity contribution is 7.93. The Balaban J connectivity index is 1.92. The van der Waals surface area contributed by atoms with Crippen LogP contribution < -0.4 is 9.62 Å². The summed E-state index contributed by atoms with van der Waals surface area (Å²) in [5, 5.41) is 11.6. The standard InChI is InChI=1S/C21H24N2O4S/c1-21(2,3)16-6-9-18(10-7-16)28(26,27)23-12-4-5-15-13-17(8-11-19(15)23)22-14-20(24)25/h4,6-13,22H,5,14H2,1-3H3,(H,24,25). The van der Waals surface area contributed by atoms with Gasteiger partial charge in [-0.05, 0) is 53.3 Å². The molecule has 0 radical (unpaired) electrons. The fourth-order valence-corrected chi connectivity index (χ4v) is 4.45. The molecule has 3 rings (SSSR count). The Kier molecular flexibility index (Phi) is 5.21. The first-order chi connectivity index (χ1) is 13.1. The summed E-state index contributed by atoms with van der Waals surface area (Å²) in [6.45, 7) is 6.04. The molecule has 1 aliphatic heterocycles.